The summed E-state index contributed by atoms with van der Waals surface area (Å²) in [6, 6.07) is 0. The predicted molar refractivity (Wildman–Crippen MR) is 44.0 cm³/mol. The highest BCUT2D eigenvalue weighted by Crippen LogP contribution is 2.19. The Hall–Kier alpha value is -0.610. The molecule has 0 bridgehead atoms. The lowest BCUT2D eigenvalue weighted by Crippen LogP contribution is -2.06. The van der Waals surface area contributed by atoms with Crippen LogP contribution in [0.5, 0.6) is 0 Å². The fraction of sp³-hybridized carbons (Fsp3) is 0.500. The van der Waals surface area contributed by atoms with Gasteiger partial charge in [0.25, 0.3) is 0 Å². The molecule has 0 amide bonds. The molecule has 0 atom stereocenters. The number of nitrogens with zero attached hydrogens (tertiary/aromatic N) is 1. The maximum atomic E-state index is 5.16. The Bertz CT molecular complexity index is 207. The van der Waals surface area contributed by atoms with Crippen LogP contribution in [0.2, 0.25) is 0 Å². The third-order valence-electron chi connectivity index (χ3n) is 1.24. The van der Waals surface area contributed by atoms with Crippen molar-refractivity contribution in [1.29, 1.82) is 0 Å². The van der Waals surface area contributed by atoms with Gasteiger partial charge in [-0.1, -0.05) is 13.8 Å². The number of nitrogen functional groups attached to an aromatic ring is 1. The number of hydrogen-bond donors (Lipinski definition) is 2. The maximum absolute atomic E-state index is 5.16. The van der Waals surface area contributed by atoms with Crippen LogP contribution in [0.25, 0.3) is 0 Å². The Balaban J connectivity index is 2.78. The van der Waals surface area contributed by atoms with E-state index in [1.165, 1.54) is 11.3 Å². The zero-order valence-corrected chi connectivity index (χ0v) is 6.90. The first-order valence-corrected chi connectivity index (χ1v) is 4.04. The van der Waals surface area contributed by atoms with Gasteiger partial charge in [0, 0.05) is 5.38 Å². The Morgan fingerprint density at radius 2 is 2.40 bits per heavy atom. The van der Waals surface area contributed by atoms with E-state index in [1.807, 2.05) is 5.38 Å². The molecule has 1 rings (SSSR count). The minimum Gasteiger partial charge on any atom is -0.300 e. The lowest BCUT2D eigenvalue weighted by atomic mass is 10.2. The Morgan fingerprint density at radius 1 is 1.70 bits per heavy atom. The summed E-state index contributed by atoms with van der Waals surface area (Å²) in [7, 11) is 0. The summed E-state index contributed by atoms with van der Waals surface area (Å²) in [5, 5.41) is 2.79. The van der Waals surface area contributed by atoms with E-state index < -0.39 is 0 Å². The zero-order chi connectivity index (χ0) is 7.56. The molecule has 0 saturated carbocycles. The van der Waals surface area contributed by atoms with Gasteiger partial charge < -0.3 is 0 Å². The molecule has 0 aliphatic carbocycles. The molecule has 3 N–H and O–H groups in total. The van der Waals surface area contributed by atoms with Crippen LogP contribution in [0.15, 0.2) is 5.38 Å². The van der Waals surface area contributed by atoms with Crippen molar-refractivity contribution in [1.82, 2.24) is 4.98 Å². The second-order valence-corrected chi connectivity index (χ2v) is 3.23. The Kier molecular flexibility index (Phi) is 2.24. The van der Waals surface area contributed by atoms with Gasteiger partial charge in [-0.25, -0.2) is 10.8 Å². The highest BCUT2D eigenvalue weighted by molar-refractivity contribution is 7.13. The van der Waals surface area contributed by atoms with Crippen molar-refractivity contribution in [2.45, 2.75) is 19.8 Å². The SMILES string of the molecule is CC(C)c1csc(NN)n1. The van der Waals surface area contributed by atoms with Crippen molar-refractivity contribution in [2.24, 2.45) is 5.84 Å². The summed E-state index contributed by atoms with van der Waals surface area (Å²) in [5.74, 6) is 5.65. The average Bonchev–Trinajstić information content (AvgIpc) is 2.34. The van der Waals surface area contributed by atoms with Gasteiger partial charge in [-0.2, -0.15) is 0 Å². The van der Waals surface area contributed by atoms with Crippen LogP contribution in [-0.4, -0.2) is 4.98 Å². The van der Waals surface area contributed by atoms with E-state index in [-0.39, 0.29) is 0 Å². The number of nitrogens with two attached hydrogens (primary N) is 1. The first kappa shape index (κ1) is 7.50. The van der Waals surface area contributed by atoms with E-state index in [2.05, 4.69) is 24.3 Å². The topological polar surface area (TPSA) is 50.9 Å². The standard InChI is InChI=1S/C6H11N3S/c1-4(2)5-3-10-6(8-5)9-7/h3-4H,7H2,1-2H3,(H,8,9). The molecule has 0 fully saturated rings. The predicted octanol–water partition coefficient (Wildman–Crippen LogP) is 1.55. The van der Waals surface area contributed by atoms with E-state index in [9.17, 15) is 0 Å². The lowest BCUT2D eigenvalue weighted by Gasteiger charge is -1.96. The van der Waals surface area contributed by atoms with Gasteiger partial charge in [0.05, 0.1) is 5.69 Å². The number of hydrazine groups is 1. The third kappa shape index (κ3) is 1.46. The van der Waals surface area contributed by atoms with Gasteiger partial charge in [-0.05, 0) is 5.92 Å². The molecule has 0 spiro atoms. The van der Waals surface area contributed by atoms with Crippen LogP contribution in [0.1, 0.15) is 25.5 Å². The van der Waals surface area contributed by atoms with E-state index in [0.29, 0.717) is 5.92 Å². The van der Waals surface area contributed by atoms with Gasteiger partial charge >= 0.3 is 0 Å². The largest absolute Gasteiger partial charge is 0.300 e. The number of nitrogens with one attached hydrogen (secondary N) is 1. The number of thiazole rings is 1. The lowest BCUT2D eigenvalue weighted by molar-refractivity contribution is 0.833. The molecule has 3 nitrogen and oxygen atoms in total. The monoisotopic (exact) mass is 157 g/mol. The van der Waals surface area contributed by atoms with Crippen molar-refractivity contribution in [3.8, 4) is 0 Å². The van der Waals surface area contributed by atoms with Crippen LogP contribution in [0.4, 0.5) is 5.13 Å². The number of aromatic nitrogens is 1. The summed E-state index contributed by atoms with van der Waals surface area (Å²) in [5.41, 5.74) is 3.60. The quantitative estimate of drug-likeness (QED) is 0.506. The van der Waals surface area contributed by atoms with E-state index >= 15 is 0 Å². The molecule has 0 aliphatic rings. The maximum Gasteiger partial charge on any atom is 0.197 e. The second kappa shape index (κ2) is 2.98. The molecule has 1 heterocycles. The molecule has 56 valence electrons. The summed E-state index contributed by atoms with van der Waals surface area (Å²) in [4.78, 5) is 4.21. The van der Waals surface area contributed by atoms with Crippen molar-refractivity contribution in [3.05, 3.63) is 11.1 Å². The van der Waals surface area contributed by atoms with Crippen molar-refractivity contribution in [3.63, 3.8) is 0 Å². The van der Waals surface area contributed by atoms with Gasteiger partial charge in [0.1, 0.15) is 0 Å². The van der Waals surface area contributed by atoms with Crippen LogP contribution >= 0.6 is 11.3 Å². The van der Waals surface area contributed by atoms with Crippen LogP contribution in [0.3, 0.4) is 0 Å². The third-order valence-corrected chi connectivity index (χ3v) is 2.03. The number of rotatable bonds is 2. The zero-order valence-electron chi connectivity index (χ0n) is 6.09. The Labute approximate surface area is 64.2 Å². The molecule has 1 aromatic heterocycles. The fourth-order valence-corrected chi connectivity index (χ4v) is 1.40. The van der Waals surface area contributed by atoms with Gasteiger partial charge in [0.15, 0.2) is 5.13 Å². The van der Waals surface area contributed by atoms with E-state index in [4.69, 9.17) is 5.84 Å². The van der Waals surface area contributed by atoms with E-state index in [0.717, 1.165) is 10.8 Å². The molecule has 0 unspecified atom stereocenters. The normalized spacial score (nSPS) is 10.4. The minimum atomic E-state index is 0.485. The summed E-state index contributed by atoms with van der Waals surface area (Å²) in [6.45, 7) is 4.21. The molecule has 1 aromatic rings. The first-order valence-electron chi connectivity index (χ1n) is 3.16. The number of anilines is 1. The molecular weight excluding hydrogens is 146 g/mol. The van der Waals surface area contributed by atoms with Gasteiger partial charge in [0.2, 0.25) is 0 Å². The molecule has 0 aromatic carbocycles. The minimum absolute atomic E-state index is 0.485. The summed E-state index contributed by atoms with van der Waals surface area (Å²) in [6.07, 6.45) is 0. The van der Waals surface area contributed by atoms with Crippen molar-refractivity contribution in [2.75, 3.05) is 5.43 Å². The molecule has 0 aliphatic heterocycles. The molecule has 4 heteroatoms. The molecule has 0 radical (unpaired) electrons. The highest BCUT2D eigenvalue weighted by Gasteiger charge is 2.02. The summed E-state index contributed by atoms with van der Waals surface area (Å²) >= 11 is 1.53. The van der Waals surface area contributed by atoms with Crippen molar-refractivity contribution >= 4 is 16.5 Å². The second-order valence-electron chi connectivity index (χ2n) is 2.38. The summed E-state index contributed by atoms with van der Waals surface area (Å²) < 4.78 is 0. The highest BCUT2D eigenvalue weighted by atomic mass is 32.1. The molecule has 0 saturated heterocycles. The smallest absolute Gasteiger partial charge is 0.197 e. The molecular formula is C6H11N3S. The average molecular weight is 157 g/mol. The first-order chi connectivity index (χ1) is 4.74. The van der Waals surface area contributed by atoms with Crippen molar-refractivity contribution < 1.29 is 0 Å². The molecule has 10 heavy (non-hydrogen) atoms. The van der Waals surface area contributed by atoms with Crippen LogP contribution < -0.4 is 11.3 Å². The Morgan fingerprint density at radius 3 is 2.70 bits per heavy atom. The fourth-order valence-electron chi connectivity index (χ4n) is 0.618. The van der Waals surface area contributed by atoms with Crippen LogP contribution in [0, 0.1) is 0 Å². The number of hydrogen-bond acceptors (Lipinski definition) is 4. The van der Waals surface area contributed by atoms with Crippen LogP contribution in [-0.2, 0) is 0 Å². The van der Waals surface area contributed by atoms with Gasteiger partial charge in [-0.3, -0.25) is 5.43 Å². The van der Waals surface area contributed by atoms with Gasteiger partial charge in [-0.15, -0.1) is 11.3 Å². The van der Waals surface area contributed by atoms with E-state index in [1.54, 1.807) is 0 Å².